The van der Waals surface area contributed by atoms with Crippen LogP contribution in [0, 0.1) is 0 Å². The van der Waals surface area contributed by atoms with Gasteiger partial charge in [0, 0.05) is 29.9 Å². The van der Waals surface area contributed by atoms with Gasteiger partial charge in [-0.05, 0) is 29.8 Å². The molecular formula is C16H17ClN2O2S. The highest BCUT2D eigenvalue weighted by Crippen LogP contribution is 2.16. The zero-order chi connectivity index (χ0) is 15.8. The summed E-state index contributed by atoms with van der Waals surface area (Å²) in [6.07, 6.45) is 1.38. The van der Waals surface area contributed by atoms with E-state index in [0.29, 0.717) is 17.2 Å². The van der Waals surface area contributed by atoms with Gasteiger partial charge in [-0.3, -0.25) is 4.79 Å². The van der Waals surface area contributed by atoms with Crippen LogP contribution in [-0.4, -0.2) is 28.3 Å². The molecule has 0 spiro atoms. The van der Waals surface area contributed by atoms with Crippen molar-refractivity contribution in [1.29, 1.82) is 0 Å². The largest absolute Gasteiger partial charge is 0.387 e. The first-order chi connectivity index (χ1) is 10.6. The molecule has 0 bridgehead atoms. The van der Waals surface area contributed by atoms with E-state index >= 15 is 0 Å². The predicted octanol–water partition coefficient (Wildman–Crippen LogP) is 3.07. The second kappa shape index (κ2) is 8.78. The van der Waals surface area contributed by atoms with Gasteiger partial charge in [0.1, 0.15) is 0 Å². The molecule has 1 unspecified atom stereocenters. The number of aliphatic hydroxyl groups is 1. The van der Waals surface area contributed by atoms with Gasteiger partial charge in [-0.25, -0.2) is 4.98 Å². The number of benzene rings is 1. The molecule has 6 heteroatoms. The summed E-state index contributed by atoms with van der Waals surface area (Å²) in [7, 11) is 0. The van der Waals surface area contributed by atoms with Gasteiger partial charge in [-0.15, -0.1) is 11.8 Å². The van der Waals surface area contributed by atoms with E-state index in [2.05, 4.69) is 10.3 Å². The Labute approximate surface area is 138 Å². The van der Waals surface area contributed by atoms with Gasteiger partial charge in [0.2, 0.25) is 5.91 Å². The van der Waals surface area contributed by atoms with Crippen LogP contribution in [0.4, 0.5) is 0 Å². The van der Waals surface area contributed by atoms with E-state index in [0.717, 1.165) is 10.6 Å². The number of amides is 1. The molecule has 1 amide bonds. The quantitative estimate of drug-likeness (QED) is 0.763. The summed E-state index contributed by atoms with van der Waals surface area (Å²) in [6.45, 7) is 0.189. The third-order valence-corrected chi connectivity index (χ3v) is 4.16. The Morgan fingerprint density at radius 1 is 1.27 bits per heavy atom. The summed E-state index contributed by atoms with van der Waals surface area (Å²) in [5.41, 5.74) is 0.729. The van der Waals surface area contributed by atoms with Crippen LogP contribution >= 0.6 is 23.4 Å². The average molecular weight is 337 g/mol. The molecule has 0 aliphatic carbocycles. The lowest BCUT2D eigenvalue weighted by atomic mass is 10.1. The molecule has 2 aromatic rings. The topological polar surface area (TPSA) is 62.2 Å². The summed E-state index contributed by atoms with van der Waals surface area (Å²) in [4.78, 5) is 15.9. The van der Waals surface area contributed by atoms with Crippen LogP contribution in [0.3, 0.4) is 0 Å². The van der Waals surface area contributed by atoms with Crippen LogP contribution in [0.25, 0.3) is 0 Å². The molecule has 0 saturated carbocycles. The van der Waals surface area contributed by atoms with E-state index in [1.54, 1.807) is 30.5 Å². The fourth-order valence-electron chi connectivity index (χ4n) is 1.78. The number of pyridine rings is 1. The van der Waals surface area contributed by atoms with Crippen LogP contribution in [0.1, 0.15) is 18.1 Å². The maximum absolute atomic E-state index is 11.7. The standard InChI is InChI=1S/C16H17ClN2O2S/c17-13-6-4-12(5-7-13)14(20)11-19-15(21)8-10-22-16-3-1-2-9-18-16/h1-7,9,14,20H,8,10-11H2,(H,19,21). The lowest BCUT2D eigenvalue weighted by molar-refractivity contribution is -0.121. The third kappa shape index (κ3) is 5.67. The lowest BCUT2D eigenvalue weighted by Crippen LogP contribution is -2.28. The fraction of sp³-hybridized carbons (Fsp3) is 0.250. The number of hydrogen-bond donors (Lipinski definition) is 2. The maximum Gasteiger partial charge on any atom is 0.220 e. The molecular weight excluding hydrogens is 320 g/mol. The van der Waals surface area contributed by atoms with Gasteiger partial charge >= 0.3 is 0 Å². The first-order valence-corrected chi connectivity index (χ1v) is 8.25. The van der Waals surface area contributed by atoms with Gasteiger partial charge in [0.15, 0.2) is 0 Å². The lowest BCUT2D eigenvalue weighted by Gasteiger charge is -2.12. The fourth-order valence-corrected chi connectivity index (χ4v) is 2.72. The molecule has 0 fully saturated rings. The number of hydrogen-bond acceptors (Lipinski definition) is 4. The van der Waals surface area contributed by atoms with Crippen molar-refractivity contribution in [1.82, 2.24) is 10.3 Å². The number of carbonyl (C=O) groups excluding carboxylic acids is 1. The van der Waals surface area contributed by atoms with Crippen molar-refractivity contribution in [2.75, 3.05) is 12.3 Å². The summed E-state index contributed by atoms with van der Waals surface area (Å²) in [6, 6.07) is 12.6. The Bertz CT molecular complexity index is 593. The minimum atomic E-state index is -0.732. The van der Waals surface area contributed by atoms with Crippen LogP contribution in [0.2, 0.25) is 5.02 Å². The van der Waals surface area contributed by atoms with Gasteiger partial charge in [0.25, 0.3) is 0 Å². The molecule has 1 aromatic carbocycles. The smallest absolute Gasteiger partial charge is 0.220 e. The zero-order valence-corrected chi connectivity index (χ0v) is 13.5. The Morgan fingerprint density at radius 2 is 2.05 bits per heavy atom. The second-order valence-corrected chi connectivity index (χ2v) is 6.19. The zero-order valence-electron chi connectivity index (χ0n) is 11.9. The van der Waals surface area contributed by atoms with E-state index in [4.69, 9.17) is 11.6 Å². The highest BCUT2D eigenvalue weighted by atomic mass is 35.5. The van der Waals surface area contributed by atoms with Crippen molar-refractivity contribution in [3.05, 3.63) is 59.2 Å². The third-order valence-electron chi connectivity index (χ3n) is 2.96. The van der Waals surface area contributed by atoms with E-state index in [1.165, 1.54) is 11.8 Å². The SMILES string of the molecule is O=C(CCSc1ccccn1)NCC(O)c1ccc(Cl)cc1. The van der Waals surface area contributed by atoms with Crippen LogP contribution < -0.4 is 5.32 Å². The number of nitrogens with one attached hydrogen (secondary N) is 1. The highest BCUT2D eigenvalue weighted by Gasteiger charge is 2.09. The molecule has 4 nitrogen and oxygen atoms in total. The summed E-state index contributed by atoms with van der Waals surface area (Å²) in [5.74, 6) is 0.566. The number of nitrogens with zero attached hydrogens (tertiary/aromatic N) is 1. The van der Waals surface area contributed by atoms with Gasteiger partial charge in [-0.2, -0.15) is 0 Å². The number of aliphatic hydroxyl groups excluding tert-OH is 1. The van der Waals surface area contributed by atoms with Crippen molar-refractivity contribution in [2.45, 2.75) is 17.6 Å². The Hall–Kier alpha value is -1.56. The number of halogens is 1. The molecule has 0 radical (unpaired) electrons. The first kappa shape index (κ1) is 16.8. The monoisotopic (exact) mass is 336 g/mol. The molecule has 22 heavy (non-hydrogen) atoms. The van der Waals surface area contributed by atoms with Crippen LogP contribution in [0.5, 0.6) is 0 Å². The van der Waals surface area contributed by atoms with Gasteiger partial charge in [0.05, 0.1) is 11.1 Å². The molecule has 116 valence electrons. The van der Waals surface area contributed by atoms with Crippen molar-refractivity contribution < 1.29 is 9.90 Å². The first-order valence-electron chi connectivity index (χ1n) is 6.89. The minimum Gasteiger partial charge on any atom is -0.387 e. The number of rotatable bonds is 7. The molecule has 1 heterocycles. The average Bonchev–Trinajstić information content (AvgIpc) is 2.54. The summed E-state index contributed by atoms with van der Waals surface area (Å²) >= 11 is 7.32. The van der Waals surface area contributed by atoms with Crippen LogP contribution in [0.15, 0.2) is 53.7 Å². The molecule has 0 saturated heterocycles. The number of carbonyl (C=O) groups is 1. The minimum absolute atomic E-state index is 0.0866. The van der Waals surface area contributed by atoms with E-state index < -0.39 is 6.10 Å². The Morgan fingerprint density at radius 3 is 2.73 bits per heavy atom. The molecule has 0 aliphatic heterocycles. The summed E-state index contributed by atoms with van der Waals surface area (Å²) < 4.78 is 0. The van der Waals surface area contributed by atoms with Crippen LogP contribution in [-0.2, 0) is 4.79 Å². The molecule has 1 aromatic heterocycles. The molecule has 1 atom stereocenters. The van der Waals surface area contributed by atoms with Crippen molar-refractivity contribution >= 4 is 29.3 Å². The highest BCUT2D eigenvalue weighted by molar-refractivity contribution is 7.99. The Kier molecular flexibility index (Phi) is 6.71. The molecule has 2 rings (SSSR count). The van der Waals surface area contributed by atoms with Gasteiger partial charge in [-0.1, -0.05) is 29.8 Å². The number of aromatic nitrogens is 1. The van der Waals surface area contributed by atoms with E-state index in [1.807, 2.05) is 18.2 Å². The van der Waals surface area contributed by atoms with E-state index in [9.17, 15) is 9.90 Å². The van der Waals surface area contributed by atoms with E-state index in [-0.39, 0.29) is 12.5 Å². The Balaban J connectivity index is 1.68. The normalized spacial score (nSPS) is 11.9. The maximum atomic E-state index is 11.7. The molecule has 2 N–H and O–H groups in total. The van der Waals surface area contributed by atoms with Crippen molar-refractivity contribution in [3.63, 3.8) is 0 Å². The van der Waals surface area contributed by atoms with Crippen molar-refractivity contribution in [2.24, 2.45) is 0 Å². The van der Waals surface area contributed by atoms with Crippen molar-refractivity contribution in [3.8, 4) is 0 Å². The second-order valence-electron chi connectivity index (χ2n) is 4.64. The number of thioether (sulfide) groups is 1. The summed E-state index contributed by atoms with van der Waals surface area (Å²) in [5, 5.41) is 14.2. The predicted molar refractivity (Wildman–Crippen MR) is 89.0 cm³/mol. The molecule has 0 aliphatic rings. The van der Waals surface area contributed by atoms with Gasteiger partial charge < -0.3 is 10.4 Å².